The lowest BCUT2D eigenvalue weighted by Crippen LogP contribution is -2.04. The second-order valence-corrected chi connectivity index (χ2v) is 4.04. The summed E-state index contributed by atoms with van der Waals surface area (Å²) in [6, 6.07) is 7.49. The molecular formula is C12H7ClN2O5. The van der Waals surface area contributed by atoms with Gasteiger partial charge in [0.2, 0.25) is 5.88 Å². The summed E-state index contributed by atoms with van der Waals surface area (Å²) in [5, 5.41) is 19.9. The summed E-state index contributed by atoms with van der Waals surface area (Å²) in [5.74, 6) is -1.27. The predicted molar refractivity (Wildman–Crippen MR) is 69.4 cm³/mol. The van der Waals surface area contributed by atoms with Crippen molar-refractivity contribution in [2.75, 3.05) is 0 Å². The van der Waals surface area contributed by atoms with Crippen LogP contribution >= 0.6 is 11.6 Å². The Morgan fingerprint density at radius 1 is 1.40 bits per heavy atom. The van der Waals surface area contributed by atoms with E-state index in [1.807, 2.05) is 0 Å². The van der Waals surface area contributed by atoms with Crippen LogP contribution in [0.25, 0.3) is 0 Å². The second-order valence-electron chi connectivity index (χ2n) is 3.63. The SMILES string of the molecule is O=C(O)c1cc(Oc2ccccc2Cl)ncc1[N+](=O)[O-]. The summed E-state index contributed by atoms with van der Waals surface area (Å²) < 4.78 is 5.31. The average molecular weight is 295 g/mol. The summed E-state index contributed by atoms with van der Waals surface area (Å²) in [7, 11) is 0. The van der Waals surface area contributed by atoms with Gasteiger partial charge in [-0.05, 0) is 12.1 Å². The Bertz CT molecular complexity index is 689. The number of rotatable bonds is 4. The smallest absolute Gasteiger partial charge is 0.342 e. The lowest BCUT2D eigenvalue weighted by atomic mass is 10.2. The molecule has 1 N–H and O–H groups in total. The topological polar surface area (TPSA) is 103 Å². The molecule has 0 saturated carbocycles. The van der Waals surface area contributed by atoms with Crippen molar-refractivity contribution in [3.8, 4) is 11.6 Å². The standard InChI is InChI=1S/C12H7ClN2O5/c13-8-3-1-2-4-10(8)20-11-5-7(12(16)17)9(6-14-11)15(18)19/h1-6H,(H,16,17). The summed E-state index contributed by atoms with van der Waals surface area (Å²) >= 11 is 5.88. The van der Waals surface area contributed by atoms with Gasteiger partial charge in [-0.25, -0.2) is 9.78 Å². The number of hydrogen-bond donors (Lipinski definition) is 1. The van der Waals surface area contributed by atoms with Gasteiger partial charge in [0.05, 0.1) is 9.95 Å². The molecular weight excluding hydrogens is 288 g/mol. The van der Waals surface area contributed by atoms with Crippen molar-refractivity contribution in [3.05, 3.63) is 57.2 Å². The minimum Gasteiger partial charge on any atom is -0.477 e. The second kappa shape index (κ2) is 5.54. The lowest BCUT2D eigenvalue weighted by molar-refractivity contribution is -0.385. The Hall–Kier alpha value is -2.67. The van der Waals surface area contributed by atoms with E-state index in [-0.39, 0.29) is 11.6 Å². The van der Waals surface area contributed by atoms with Crippen molar-refractivity contribution in [3.63, 3.8) is 0 Å². The number of benzene rings is 1. The van der Waals surface area contributed by atoms with Gasteiger partial charge in [-0.1, -0.05) is 23.7 Å². The molecule has 0 atom stereocenters. The first-order chi connectivity index (χ1) is 9.49. The lowest BCUT2D eigenvalue weighted by Gasteiger charge is -2.06. The fraction of sp³-hybridized carbons (Fsp3) is 0. The Balaban J connectivity index is 2.40. The van der Waals surface area contributed by atoms with Crippen LogP contribution in [0.5, 0.6) is 11.6 Å². The zero-order valence-electron chi connectivity index (χ0n) is 9.82. The first kappa shape index (κ1) is 13.8. The Labute approximate surface area is 117 Å². The van der Waals surface area contributed by atoms with Crippen molar-refractivity contribution in [1.29, 1.82) is 0 Å². The molecule has 0 unspecified atom stereocenters. The molecule has 0 saturated heterocycles. The molecule has 1 aromatic heterocycles. The number of nitrogens with zero attached hydrogens (tertiary/aromatic N) is 2. The highest BCUT2D eigenvalue weighted by Gasteiger charge is 2.21. The van der Waals surface area contributed by atoms with E-state index in [0.717, 1.165) is 12.3 Å². The summed E-state index contributed by atoms with van der Waals surface area (Å²) in [4.78, 5) is 24.5. The molecule has 0 aliphatic rings. The number of aromatic carboxylic acids is 1. The number of carbonyl (C=O) groups is 1. The molecule has 0 spiro atoms. The number of hydrogen-bond acceptors (Lipinski definition) is 5. The molecule has 2 rings (SSSR count). The van der Waals surface area contributed by atoms with Gasteiger partial charge in [0.1, 0.15) is 17.5 Å². The number of para-hydroxylation sites is 1. The van der Waals surface area contributed by atoms with E-state index in [4.69, 9.17) is 21.4 Å². The average Bonchev–Trinajstić information content (AvgIpc) is 2.41. The Morgan fingerprint density at radius 3 is 2.70 bits per heavy atom. The number of pyridine rings is 1. The minimum absolute atomic E-state index is 0.0962. The highest BCUT2D eigenvalue weighted by Crippen LogP contribution is 2.29. The van der Waals surface area contributed by atoms with Crippen molar-refractivity contribution < 1.29 is 19.6 Å². The molecule has 2 aromatic rings. The maximum absolute atomic E-state index is 11.0. The van der Waals surface area contributed by atoms with Crippen LogP contribution in [-0.4, -0.2) is 21.0 Å². The maximum atomic E-state index is 11.0. The molecule has 0 amide bonds. The number of halogens is 1. The normalized spacial score (nSPS) is 10.1. The van der Waals surface area contributed by atoms with Crippen LogP contribution in [0.4, 0.5) is 5.69 Å². The van der Waals surface area contributed by atoms with Gasteiger partial charge in [0, 0.05) is 6.07 Å². The number of nitro groups is 1. The number of carboxylic acid groups (broad SMARTS) is 1. The van der Waals surface area contributed by atoms with Crippen LogP contribution in [0.3, 0.4) is 0 Å². The Morgan fingerprint density at radius 2 is 2.10 bits per heavy atom. The number of aromatic nitrogens is 1. The van der Waals surface area contributed by atoms with Crippen LogP contribution in [0.2, 0.25) is 5.02 Å². The van der Waals surface area contributed by atoms with Crippen molar-refractivity contribution in [1.82, 2.24) is 4.98 Å². The van der Waals surface area contributed by atoms with Crippen molar-refractivity contribution in [2.45, 2.75) is 0 Å². The monoisotopic (exact) mass is 294 g/mol. The maximum Gasteiger partial charge on any atom is 0.342 e. The van der Waals surface area contributed by atoms with Gasteiger partial charge in [0.15, 0.2) is 0 Å². The van der Waals surface area contributed by atoms with Crippen LogP contribution in [0, 0.1) is 10.1 Å². The van der Waals surface area contributed by atoms with Gasteiger partial charge in [0.25, 0.3) is 0 Å². The summed E-state index contributed by atoms with van der Waals surface area (Å²) in [6.45, 7) is 0. The van der Waals surface area contributed by atoms with Gasteiger partial charge in [-0.15, -0.1) is 0 Å². The molecule has 1 heterocycles. The minimum atomic E-state index is -1.44. The number of carboxylic acids is 1. The molecule has 0 bridgehead atoms. The van der Waals surface area contributed by atoms with E-state index in [9.17, 15) is 14.9 Å². The molecule has 7 nitrogen and oxygen atoms in total. The van der Waals surface area contributed by atoms with Crippen LogP contribution in [0.15, 0.2) is 36.5 Å². The molecule has 0 aliphatic heterocycles. The molecule has 0 fully saturated rings. The summed E-state index contributed by atoms with van der Waals surface area (Å²) in [5.41, 5.74) is -1.11. The largest absolute Gasteiger partial charge is 0.477 e. The molecule has 0 radical (unpaired) electrons. The number of ether oxygens (including phenoxy) is 1. The van der Waals surface area contributed by atoms with Gasteiger partial charge < -0.3 is 9.84 Å². The zero-order chi connectivity index (χ0) is 14.7. The van der Waals surface area contributed by atoms with Crippen LogP contribution in [-0.2, 0) is 0 Å². The highest BCUT2D eigenvalue weighted by molar-refractivity contribution is 6.32. The molecule has 8 heteroatoms. The third-order valence-electron chi connectivity index (χ3n) is 2.34. The van der Waals surface area contributed by atoms with Crippen LogP contribution in [0.1, 0.15) is 10.4 Å². The van der Waals surface area contributed by atoms with E-state index >= 15 is 0 Å². The van der Waals surface area contributed by atoms with Crippen molar-refractivity contribution in [2.24, 2.45) is 0 Å². The zero-order valence-corrected chi connectivity index (χ0v) is 10.6. The first-order valence-electron chi connectivity index (χ1n) is 5.29. The third-order valence-corrected chi connectivity index (χ3v) is 2.65. The first-order valence-corrected chi connectivity index (χ1v) is 5.67. The fourth-order valence-corrected chi connectivity index (χ4v) is 1.62. The van der Waals surface area contributed by atoms with Crippen LogP contribution < -0.4 is 4.74 Å². The van der Waals surface area contributed by atoms with Gasteiger partial charge in [-0.3, -0.25) is 10.1 Å². The van der Waals surface area contributed by atoms with Gasteiger partial charge >= 0.3 is 11.7 Å². The molecule has 102 valence electrons. The molecule has 1 aromatic carbocycles. The predicted octanol–water partition coefficient (Wildman–Crippen LogP) is 3.13. The van der Waals surface area contributed by atoms with E-state index < -0.39 is 22.1 Å². The molecule has 0 aliphatic carbocycles. The third kappa shape index (κ3) is 2.83. The Kier molecular flexibility index (Phi) is 3.81. The quantitative estimate of drug-likeness (QED) is 0.686. The molecule has 20 heavy (non-hydrogen) atoms. The van der Waals surface area contributed by atoms with E-state index in [2.05, 4.69) is 4.98 Å². The van der Waals surface area contributed by atoms with E-state index in [0.29, 0.717) is 5.02 Å². The summed E-state index contributed by atoms with van der Waals surface area (Å²) in [6.07, 6.45) is 0.829. The van der Waals surface area contributed by atoms with E-state index in [1.54, 1.807) is 24.3 Å². The van der Waals surface area contributed by atoms with Crippen molar-refractivity contribution >= 4 is 23.3 Å². The highest BCUT2D eigenvalue weighted by atomic mass is 35.5. The van der Waals surface area contributed by atoms with Gasteiger partial charge in [-0.2, -0.15) is 0 Å². The fourth-order valence-electron chi connectivity index (χ4n) is 1.44. The van der Waals surface area contributed by atoms with E-state index in [1.165, 1.54) is 0 Å².